The molecule has 110 valence electrons. The molecule has 2 rings (SSSR count). The number of amides is 1. The first-order valence-electron chi connectivity index (χ1n) is 7.23. The van der Waals surface area contributed by atoms with E-state index >= 15 is 0 Å². The summed E-state index contributed by atoms with van der Waals surface area (Å²) in [6, 6.07) is 0.261. The SMILES string of the molecule is CCNc1cncc(C(=O)NC2CCCC2SCC)n1. The summed E-state index contributed by atoms with van der Waals surface area (Å²) in [5.41, 5.74) is 0.385. The Morgan fingerprint density at radius 1 is 1.40 bits per heavy atom. The fourth-order valence-corrected chi connectivity index (χ4v) is 3.69. The van der Waals surface area contributed by atoms with Crippen LogP contribution in [-0.2, 0) is 0 Å². The number of anilines is 1. The van der Waals surface area contributed by atoms with E-state index in [0.29, 0.717) is 16.8 Å². The summed E-state index contributed by atoms with van der Waals surface area (Å²) in [5, 5.41) is 6.71. The average Bonchev–Trinajstić information content (AvgIpc) is 2.87. The summed E-state index contributed by atoms with van der Waals surface area (Å²) in [5.74, 6) is 1.61. The molecule has 0 saturated heterocycles. The molecule has 5 nitrogen and oxygen atoms in total. The lowest BCUT2D eigenvalue weighted by molar-refractivity contribution is 0.0933. The monoisotopic (exact) mass is 294 g/mol. The third kappa shape index (κ3) is 3.85. The maximum atomic E-state index is 12.3. The number of carbonyl (C=O) groups excluding carboxylic acids is 1. The summed E-state index contributed by atoms with van der Waals surface area (Å²) >= 11 is 1.93. The molecular weight excluding hydrogens is 272 g/mol. The second kappa shape index (κ2) is 7.47. The molecule has 0 spiro atoms. The van der Waals surface area contributed by atoms with Crippen LogP contribution in [0.4, 0.5) is 5.82 Å². The number of nitrogens with zero attached hydrogens (tertiary/aromatic N) is 2. The molecule has 1 heterocycles. The number of hydrogen-bond donors (Lipinski definition) is 2. The third-order valence-electron chi connectivity index (χ3n) is 3.37. The van der Waals surface area contributed by atoms with Gasteiger partial charge in [-0.3, -0.25) is 9.78 Å². The largest absolute Gasteiger partial charge is 0.369 e. The average molecular weight is 294 g/mol. The van der Waals surface area contributed by atoms with Crippen LogP contribution < -0.4 is 10.6 Å². The quantitative estimate of drug-likeness (QED) is 0.843. The second-order valence-electron chi connectivity index (χ2n) is 4.82. The zero-order valence-corrected chi connectivity index (χ0v) is 12.9. The van der Waals surface area contributed by atoms with Gasteiger partial charge in [0, 0.05) is 17.8 Å². The van der Waals surface area contributed by atoms with Gasteiger partial charge < -0.3 is 10.6 Å². The number of nitrogens with one attached hydrogen (secondary N) is 2. The van der Waals surface area contributed by atoms with Gasteiger partial charge in [0.15, 0.2) is 0 Å². The molecule has 1 aliphatic carbocycles. The first-order valence-corrected chi connectivity index (χ1v) is 8.27. The Kier molecular flexibility index (Phi) is 5.64. The fourth-order valence-electron chi connectivity index (χ4n) is 2.49. The van der Waals surface area contributed by atoms with E-state index < -0.39 is 0 Å². The Hall–Kier alpha value is -1.30. The van der Waals surface area contributed by atoms with Crippen molar-refractivity contribution in [3.8, 4) is 0 Å². The van der Waals surface area contributed by atoms with Crippen molar-refractivity contribution < 1.29 is 4.79 Å². The standard InChI is InChI=1S/C14H22N4OS/c1-3-16-13-9-15-8-11(17-13)14(19)18-10-6-5-7-12(10)20-4-2/h8-10,12H,3-7H2,1-2H3,(H,16,17)(H,18,19). The predicted molar refractivity (Wildman–Crippen MR) is 83.2 cm³/mol. The van der Waals surface area contributed by atoms with Crippen LogP contribution in [0.25, 0.3) is 0 Å². The summed E-state index contributed by atoms with van der Waals surface area (Å²) < 4.78 is 0. The van der Waals surface area contributed by atoms with Crippen LogP contribution in [-0.4, -0.2) is 39.5 Å². The van der Waals surface area contributed by atoms with E-state index in [1.54, 1.807) is 6.20 Å². The van der Waals surface area contributed by atoms with Gasteiger partial charge in [0.2, 0.25) is 0 Å². The molecule has 2 N–H and O–H groups in total. The molecular formula is C14H22N4OS. The van der Waals surface area contributed by atoms with Gasteiger partial charge in [0.05, 0.1) is 12.4 Å². The molecule has 1 aliphatic rings. The first-order chi connectivity index (χ1) is 9.74. The number of hydrogen-bond acceptors (Lipinski definition) is 5. The van der Waals surface area contributed by atoms with Crippen LogP contribution >= 0.6 is 11.8 Å². The van der Waals surface area contributed by atoms with E-state index in [0.717, 1.165) is 18.7 Å². The van der Waals surface area contributed by atoms with Crippen molar-refractivity contribution >= 4 is 23.5 Å². The van der Waals surface area contributed by atoms with Gasteiger partial charge in [0.1, 0.15) is 11.5 Å². The molecule has 1 saturated carbocycles. The Labute approximate surface area is 124 Å². The molecule has 6 heteroatoms. The lowest BCUT2D eigenvalue weighted by Gasteiger charge is -2.19. The minimum atomic E-state index is -0.120. The molecule has 1 fully saturated rings. The van der Waals surface area contributed by atoms with Gasteiger partial charge in [-0.05, 0) is 25.5 Å². The molecule has 0 aliphatic heterocycles. The van der Waals surface area contributed by atoms with Gasteiger partial charge in [-0.2, -0.15) is 11.8 Å². The molecule has 1 aromatic heterocycles. The van der Waals surface area contributed by atoms with E-state index in [1.807, 2.05) is 18.7 Å². The molecule has 1 aromatic rings. The highest BCUT2D eigenvalue weighted by atomic mass is 32.2. The minimum absolute atomic E-state index is 0.120. The zero-order valence-electron chi connectivity index (χ0n) is 12.1. The van der Waals surface area contributed by atoms with Gasteiger partial charge >= 0.3 is 0 Å². The number of aromatic nitrogens is 2. The molecule has 0 radical (unpaired) electrons. The highest BCUT2D eigenvalue weighted by Crippen LogP contribution is 2.29. The van der Waals surface area contributed by atoms with E-state index in [1.165, 1.54) is 19.0 Å². The Bertz CT molecular complexity index is 455. The smallest absolute Gasteiger partial charge is 0.271 e. The van der Waals surface area contributed by atoms with Crippen molar-refractivity contribution in [1.82, 2.24) is 15.3 Å². The number of carbonyl (C=O) groups is 1. The molecule has 0 bridgehead atoms. The van der Waals surface area contributed by atoms with Gasteiger partial charge in [-0.25, -0.2) is 4.98 Å². The highest BCUT2D eigenvalue weighted by Gasteiger charge is 2.29. The summed E-state index contributed by atoms with van der Waals surface area (Å²) in [6.07, 6.45) is 6.58. The van der Waals surface area contributed by atoms with Crippen molar-refractivity contribution in [2.24, 2.45) is 0 Å². The molecule has 0 aromatic carbocycles. The Morgan fingerprint density at radius 2 is 2.25 bits per heavy atom. The fraction of sp³-hybridized carbons (Fsp3) is 0.643. The lowest BCUT2D eigenvalue weighted by Crippen LogP contribution is -2.39. The summed E-state index contributed by atoms with van der Waals surface area (Å²) in [4.78, 5) is 20.6. The maximum absolute atomic E-state index is 12.3. The number of thioether (sulfide) groups is 1. The van der Waals surface area contributed by atoms with E-state index in [2.05, 4.69) is 27.5 Å². The van der Waals surface area contributed by atoms with Crippen LogP contribution in [0.2, 0.25) is 0 Å². The van der Waals surface area contributed by atoms with Gasteiger partial charge in [0.25, 0.3) is 5.91 Å². The third-order valence-corrected chi connectivity index (χ3v) is 4.70. The second-order valence-corrected chi connectivity index (χ2v) is 6.34. The minimum Gasteiger partial charge on any atom is -0.369 e. The van der Waals surface area contributed by atoms with Crippen LogP contribution in [0, 0.1) is 0 Å². The van der Waals surface area contributed by atoms with E-state index in [-0.39, 0.29) is 11.9 Å². The molecule has 2 unspecified atom stereocenters. The van der Waals surface area contributed by atoms with Crippen molar-refractivity contribution in [3.63, 3.8) is 0 Å². The van der Waals surface area contributed by atoms with Gasteiger partial charge in [-0.1, -0.05) is 13.3 Å². The first kappa shape index (κ1) is 15.1. The Morgan fingerprint density at radius 3 is 3.00 bits per heavy atom. The molecule has 1 amide bonds. The normalized spacial score (nSPS) is 21.7. The zero-order chi connectivity index (χ0) is 14.4. The van der Waals surface area contributed by atoms with Gasteiger partial charge in [-0.15, -0.1) is 0 Å². The van der Waals surface area contributed by atoms with Crippen LogP contribution in [0.15, 0.2) is 12.4 Å². The molecule has 2 atom stereocenters. The van der Waals surface area contributed by atoms with E-state index in [9.17, 15) is 4.79 Å². The highest BCUT2D eigenvalue weighted by molar-refractivity contribution is 7.99. The van der Waals surface area contributed by atoms with Crippen molar-refractivity contribution in [1.29, 1.82) is 0 Å². The van der Waals surface area contributed by atoms with E-state index in [4.69, 9.17) is 0 Å². The van der Waals surface area contributed by atoms with Crippen molar-refractivity contribution in [2.75, 3.05) is 17.6 Å². The topological polar surface area (TPSA) is 66.9 Å². The molecule has 20 heavy (non-hydrogen) atoms. The number of rotatable bonds is 6. The maximum Gasteiger partial charge on any atom is 0.271 e. The Balaban J connectivity index is 1.98. The summed E-state index contributed by atoms with van der Waals surface area (Å²) in [6.45, 7) is 4.91. The van der Waals surface area contributed by atoms with Crippen LogP contribution in [0.1, 0.15) is 43.6 Å². The predicted octanol–water partition coefficient (Wildman–Crippen LogP) is 2.31. The van der Waals surface area contributed by atoms with Crippen molar-refractivity contribution in [2.45, 2.75) is 44.4 Å². The van der Waals surface area contributed by atoms with Crippen molar-refractivity contribution in [3.05, 3.63) is 18.1 Å². The summed E-state index contributed by atoms with van der Waals surface area (Å²) in [7, 11) is 0. The van der Waals surface area contributed by atoms with Crippen LogP contribution in [0.3, 0.4) is 0 Å². The van der Waals surface area contributed by atoms with Crippen LogP contribution in [0.5, 0.6) is 0 Å². The lowest BCUT2D eigenvalue weighted by atomic mass is 10.2.